The van der Waals surface area contributed by atoms with Crippen LogP contribution in [0.2, 0.25) is 0 Å². The summed E-state index contributed by atoms with van der Waals surface area (Å²) < 4.78 is 40.2. The van der Waals surface area contributed by atoms with Gasteiger partial charge in [0, 0.05) is 47.1 Å². The molecule has 304 valence electrons. The minimum Gasteiger partial charge on any atom is -0.496 e. The average molecular weight is 819 g/mol. The van der Waals surface area contributed by atoms with E-state index in [-0.39, 0.29) is 31.2 Å². The molecule has 2 saturated carbocycles. The number of carbonyl (C=O) groups is 3. The average Bonchev–Trinajstić information content (AvgIpc) is 3.92. The third-order valence-electron chi connectivity index (χ3n) is 11.0. The Balaban J connectivity index is 1.24. The Labute approximate surface area is 336 Å². The molecule has 3 amide bonds. The van der Waals surface area contributed by atoms with Gasteiger partial charge in [0.2, 0.25) is 27.8 Å². The van der Waals surface area contributed by atoms with Crippen molar-refractivity contribution in [3.05, 3.63) is 59.9 Å². The highest BCUT2D eigenvalue weighted by Gasteiger charge is 2.62. The van der Waals surface area contributed by atoms with Gasteiger partial charge in [-0.1, -0.05) is 40.7 Å². The number of carbonyl (C=O) groups excluding carboxylic acids is 3. The number of nitrogens with one attached hydrogen (secondary N) is 4. The minimum atomic E-state index is -3.89. The van der Waals surface area contributed by atoms with E-state index in [1.807, 2.05) is 51.3 Å². The Morgan fingerprint density at radius 1 is 1.16 bits per heavy atom. The summed E-state index contributed by atoms with van der Waals surface area (Å²) >= 11 is 1.49. The van der Waals surface area contributed by atoms with Crippen molar-refractivity contribution in [2.75, 3.05) is 19.0 Å². The summed E-state index contributed by atoms with van der Waals surface area (Å²) in [6.45, 7) is 15.7. The van der Waals surface area contributed by atoms with Crippen molar-refractivity contribution in [1.29, 1.82) is 0 Å². The number of H-pyrrole nitrogens is 1. The number of rotatable bonds is 14. The van der Waals surface area contributed by atoms with Crippen LogP contribution in [0.5, 0.6) is 11.5 Å². The number of hydrogen-bond acceptors (Lipinski definition) is 12. The predicted octanol–water partition coefficient (Wildman–Crippen LogP) is 5.07. The van der Waals surface area contributed by atoms with E-state index < -0.39 is 62.1 Å². The van der Waals surface area contributed by atoms with Crippen molar-refractivity contribution >= 4 is 55.9 Å². The van der Waals surface area contributed by atoms with Gasteiger partial charge in [0.1, 0.15) is 45.9 Å². The fraction of sp³-hybridized carbons (Fsp3) is 0.500. The lowest BCUT2D eigenvalue weighted by atomic mass is 9.85. The third-order valence-corrected chi connectivity index (χ3v) is 13.7. The number of nitrogens with zero attached hydrogens (tertiary/aromatic N) is 4. The van der Waals surface area contributed by atoms with Crippen LogP contribution in [-0.2, 0) is 24.4 Å². The smallest absolute Gasteiger partial charge is 0.259 e. The fourth-order valence-electron chi connectivity index (χ4n) is 7.35. The van der Waals surface area contributed by atoms with E-state index in [2.05, 4.69) is 45.8 Å². The molecule has 3 aromatic heterocycles. The highest BCUT2D eigenvalue weighted by atomic mass is 32.2. The zero-order chi connectivity index (χ0) is 41.0. The van der Waals surface area contributed by atoms with E-state index in [4.69, 9.17) is 19.4 Å². The SMILES string of the molecule is C=CC1CC1(NC(=O)C1CC(Oc2cc(-c3nc(C(C)C)cs3)nc3c(C)c(OC)ccc23)CN1C(=O)C(Nc1ncc[nH]1)C(C)(C)C)C(=O)NS(=O)(=O)C1CC1. The highest BCUT2D eigenvalue weighted by molar-refractivity contribution is 7.91. The molecular formula is C40H50N8O7S2. The molecule has 0 spiro atoms. The second kappa shape index (κ2) is 15.0. The second-order valence-corrected chi connectivity index (χ2v) is 19.4. The first-order valence-electron chi connectivity index (χ1n) is 19.1. The number of imidazole rings is 1. The van der Waals surface area contributed by atoms with Gasteiger partial charge in [-0.15, -0.1) is 17.9 Å². The van der Waals surface area contributed by atoms with E-state index >= 15 is 0 Å². The van der Waals surface area contributed by atoms with Crippen molar-refractivity contribution in [2.24, 2.45) is 11.3 Å². The van der Waals surface area contributed by atoms with Crippen molar-refractivity contribution in [3.63, 3.8) is 0 Å². The molecule has 57 heavy (non-hydrogen) atoms. The van der Waals surface area contributed by atoms with Gasteiger partial charge in [-0.2, -0.15) is 0 Å². The fourth-order valence-corrected chi connectivity index (χ4v) is 9.65. The molecule has 17 heteroatoms. The Morgan fingerprint density at radius 2 is 1.91 bits per heavy atom. The summed E-state index contributed by atoms with van der Waals surface area (Å²) in [5.41, 5.74) is 0.870. The van der Waals surface area contributed by atoms with E-state index in [1.54, 1.807) is 19.5 Å². The number of likely N-dealkylation sites (tertiary alicyclic amines) is 1. The molecule has 1 aliphatic heterocycles. The summed E-state index contributed by atoms with van der Waals surface area (Å²) in [7, 11) is -2.29. The lowest BCUT2D eigenvalue weighted by molar-refractivity contribution is -0.141. The molecule has 0 radical (unpaired) electrons. The van der Waals surface area contributed by atoms with E-state index in [9.17, 15) is 22.8 Å². The number of aromatic amines is 1. The largest absolute Gasteiger partial charge is 0.496 e. The zero-order valence-electron chi connectivity index (χ0n) is 33.2. The molecule has 2 aliphatic carbocycles. The number of ether oxygens (including phenoxy) is 2. The molecular weight excluding hydrogens is 769 g/mol. The number of thiazole rings is 1. The Bertz CT molecular complexity index is 2320. The topological polar surface area (TPSA) is 198 Å². The maximum absolute atomic E-state index is 14.7. The zero-order valence-corrected chi connectivity index (χ0v) is 34.8. The number of anilines is 1. The molecule has 4 N–H and O–H groups in total. The summed E-state index contributed by atoms with van der Waals surface area (Å²) in [5.74, 6) is -0.520. The van der Waals surface area contributed by atoms with Crippen LogP contribution in [0.4, 0.5) is 5.95 Å². The number of amides is 3. The maximum Gasteiger partial charge on any atom is 0.259 e. The van der Waals surface area contributed by atoms with E-state index in [0.29, 0.717) is 41.5 Å². The predicted molar refractivity (Wildman–Crippen MR) is 217 cm³/mol. The monoisotopic (exact) mass is 818 g/mol. The van der Waals surface area contributed by atoms with Gasteiger partial charge in [-0.25, -0.2) is 23.4 Å². The number of pyridine rings is 1. The molecule has 4 aromatic rings. The molecule has 3 fully saturated rings. The van der Waals surface area contributed by atoms with Gasteiger partial charge >= 0.3 is 0 Å². The first-order chi connectivity index (χ1) is 26.9. The van der Waals surface area contributed by atoms with Crippen LogP contribution >= 0.6 is 11.3 Å². The van der Waals surface area contributed by atoms with Gasteiger partial charge < -0.3 is 30.0 Å². The molecule has 7 rings (SSSR count). The second-order valence-electron chi connectivity index (χ2n) is 16.6. The standard InChI is InChI=1S/C40H50N8O7S2/c1-9-23-18-40(23,37(51)47-57(52,53)25-10-11-25)46-34(49)29-16-24(19-48(29)36(50)33(39(5,6)7)45-38-41-14-15-42-38)55-31-17-27(35-44-28(20-56-35)21(2)3)43-32-22(4)30(54-8)13-12-26(31)32/h9,12-15,17,20-21,23-25,29,33H,1,10-11,16,18-19H2,2-8H3,(H,46,49)(H,47,51)(H2,41,42,45). The molecule has 5 unspecified atom stereocenters. The molecule has 1 saturated heterocycles. The summed E-state index contributed by atoms with van der Waals surface area (Å²) in [4.78, 5) is 61.5. The molecule has 0 bridgehead atoms. The number of methoxy groups -OCH3 is 1. The van der Waals surface area contributed by atoms with Crippen LogP contribution in [0.25, 0.3) is 21.6 Å². The number of sulfonamides is 1. The van der Waals surface area contributed by atoms with Gasteiger partial charge in [-0.3, -0.25) is 19.1 Å². The van der Waals surface area contributed by atoms with Gasteiger partial charge in [0.05, 0.1) is 30.1 Å². The van der Waals surface area contributed by atoms with Gasteiger partial charge in [0.15, 0.2) is 0 Å². The van der Waals surface area contributed by atoms with Gasteiger partial charge in [-0.05, 0) is 49.7 Å². The number of aromatic nitrogens is 4. The summed E-state index contributed by atoms with van der Waals surface area (Å²) in [6.07, 6.45) is 5.26. The molecule has 15 nitrogen and oxygen atoms in total. The van der Waals surface area contributed by atoms with Crippen LogP contribution in [-0.4, -0.2) is 93.6 Å². The number of aryl methyl sites for hydroxylation is 1. The number of fused-ring (bicyclic) bond motifs is 1. The highest BCUT2D eigenvalue weighted by Crippen LogP contribution is 2.46. The minimum absolute atomic E-state index is 0.0342. The van der Waals surface area contributed by atoms with E-state index in [1.165, 1.54) is 22.3 Å². The van der Waals surface area contributed by atoms with Crippen molar-refractivity contribution in [1.82, 2.24) is 34.9 Å². The first-order valence-corrected chi connectivity index (χ1v) is 21.6. The van der Waals surface area contributed by atoms with Crippen LogP contribution in [0.1, 0.15) is 77.5 Å². The molecule has 1 aromatic carbocycles. The normalized spacial score (nSPS) is 22.6. The van der Waals surface area contributed by atoms with E-state index in [0.717, 1.165) is 21.7 Å². The lowest BCUT2D eigenvalue weighted by Gasteiger charge is -2.35. The number of benzene rings is 1. The number of hydrogen-bond donors (Lipinski definition) is 4. The summed E-state index contributed by atoms with van der Waals surface area (Å²) in [5, 5.41) is 8.91. The van der Waals surface area contributed by atoms with Gasteiger partial charge in [0.25, 0.3) is 5.91 Å². The first kappa shape index (κ1) is 40.2. The third kappa shape index (κ3) is 7.95. The van der Waals surface area contributed by atoms with Crippen molar-refractivity contribution in [2.45, 2.75) is 102 Å². The summed E-state index contributed by atoms with van der Waals surface area (Å²) in [6, 6.07) is 3.65. The quantitative estimate of drug-likeness (QED) is 0.124. The van der Waals surface area contributed by atoms with Crippen molar-refractivity contribution < 1.29 is 32.3 Å². The molecule has 3 aliphatic rings. The molecule has 5 atom stereocenters. The Kier molecular flexibility index (Phi) is 10.6. The Morgan fingerprint density at radius 3 is 2.51 bits per heavy atom. The van der Waals surface area contributed by atoms with Crippen molar-refractivity contribution in [3.8, 4) is 22.2 Å². The molecule has 4 heterocycles. The van der Waals surface area contributed by atoms with Crippen LogP contribution in [0.15, 0.2) is 48.6 Å². The van der Waals surface area contributed by atoms with Crippen LogP contribution in [0, 0.1) is 18.3 Å². The van der Waals surface area contributed by atoms with Crippen LogP contribution < -0.4 is 24.8 Å². The van der Waals surface area contributed by atoms with Crippen LogP contribution in [0.3, 0.4) is 0 Å². The lowest BCUT2D eigenvalue weighted by Crippen LogP contribution is -2.58. The Hall–Kier alpha value is -5.03. The maximum atomic E-state index is 14.7.